The van der Waals surface area contributed by atoms with Gasteiger partial charge in [-0.15, -0.1) is 0 Å². The molecule has 10 heteroatoms. The second-order valence-corrected chi connectivity index (χ2v) is 15.0. The van der Waals surface area contributed by atoms with Crippen molar-refractivity contribution < 1.29 is 27.6 Å². The summed E-state index contributed by atoms with van der Waals surface area (Å²) in [7, 11) is 2.67. The van der Waals surface area contributed by atoms with Gasteiger partial charge in [0.25, 0.3) is 18.1 Å². The summed E-state index contributed by atoms with van der Waals surface area (Å²) < 4.78 is 37.4. The summed E-state index contributed by atoms with van der Waals surface area (Å²) in [4.78, 5) is 8.84. The zero-order chi connectivity index (χ0) is 35.5. The maximum atomic E-state index is 6.64. The summed E-state index contributed by atoms with van der Waals surface area (Å²) >= 11 is 0. The van der Waals surface area contributed by atoms with Crippen LogP contribution in [0.25, 0.3) is 32.9 Å². The van der Waals surface area contributed by atoms with Crippen LogP contribution in [0.4, 0.5) is 0 Å². The van der Waals surface area contributed by atoms with Gasteiger partial charge >= 0.3 is 0 Å². The van der Waals surface area contributed by atoms with Gasteiger partial charge in [0.15, 0.2) is 0 Å². The molecule has 6 aromatic rings. The Hall–Kier alpha value is -4.64. The maximum Gasteiger partial charge on any atom is 0.275 e. The molecule has 2 atom stereocenters. The number of ether oxygens (including phenoxy) is 2. The number of fused-ring (bicyclic) bond motifs is 2. The first-order valence-electron chi connectivity index (χ1n) is 16.3. The molecule has 0 saturated heterocycles. The Morgan fingerprint density at radius 2 is 0.900 bits per heavy atom. The number of nitrogens with zero attached hydrogens (tertiary/aromatic N) is 2. The van der Waals surface area contributed by atoms with Gasteiger partial charge in [-0.05, 0) is 83.6 Å². The lowest BCUT2D eigenvalue weighted by atomic mass is 9.81. The Bertz CT molecular complexity index is 1990. The van der Waals surface area contributed by atoms with E-state index in [2.05, 4.69) is 51.5 Å². The standard InChI is InChI=1S/C40H42N2O6P2/c1-39(2,3)33-23-29(43-7)21-31(37(33)47-49-45-27-13-15-35-25(19-27)11-9-17-41-35)32-22-30(44-8)24-34(40(4,5)6)38(32)48-50-46-28-14-16-36-26(20-28)12-10-18-42-36/h9-24,49-50H,1-8H3. The summed E-state index contributed by atoms with van der Waals surface area (Å²) in [5.41, 5.74) is 4.68. The molecule has 0 N–H and O–H groups in total. The van der Waals surface area contributed by atoms with Crippen LogP contribution in [-0.2, 0) is 10.8 Å². The Morgan fingerprint density at radius 1 is 0.480 bits per heavy atom. The first-order valence-corrected chi connectivity index (χ1v) is 17.9. The fourth-order valence-corrected chi connectivity index (χ4v) is 6.77. The van der Waals surface area contributed by atoms with Crippen molar-refractivity contribution in [1.29, 1.82) is 0 Å². The number of hydrogen-bond donors (Lipinski definition) is 0. The predicted molar refractivity (Wildman–Crippen MR) is 205 cm³/mol. The third kappa shape index (κ3) is 7.88. The molecule has 2 aromatic heterocycles. The number of methoxy groups -OCH3 is 2. The zero-order valence-electron chi connectivity index (χ0n) is 29.6. The Kier molecular flexibility index (Phi) is 10.3. The lowest BCUT2D eigenvalue weighted by Gasteiger charge is -2.28. The molecule has 258 valence electrons. The molecule has 2 heterocycles. The topological polar surface area (TPSA) is 81.2 Å². The molecular weight excluding hydrogens is 666 g/mol. The van der Waals surface area contributed by atoms with Crippen LogP contribution in [0.1, 0.15) is 52.7 Å². The molecule has 0 fully saturated rings. The van der Waals surface area contributed by atoms with Crippen molar-refractivity contribution in [1.82, 2.24) is 9.97 Å². The van der Waals surface area contributed by atoms with E-state index in [9.17, 15) is 0 Å². The van der Waals surface area contributed by atoms with Gasteiger partial charge in [-0.2, -0.15) is 0 Å². The highest BCUT2D eigenvalue weighted by Crippen LogP contribution is 2.51. The van der Waals surface area contributed by atoms with Gasteiger partial charge in [-0.25, -0.2) is 0 Å². The van der Waals surface area contributed by atoms with Crippen molar-refractivity contribution in [2.75, 3.05) is 14.2 Å². The quantitative estimate of drug-likeness (QED) is 0.123. The van der Waals surface area contributed by atoms with E-state index in [0.717, 1.165) is 44.1 Å². The van der Waals surface area contributed by atoms with E-state index in [-0.39, 0.29) is 28.9 Å². The van der Waals surface area contributed by atoms with Gasteiger partial charge in [0, 0.05) is 45.4 Å². The fraction of sp³-hybridized carbons (Fsp3) is 0.250. The monoisotopic (exact) mass is 708 g/mol. The third-order valence-corrected chi connectivity index (χ3v) is 9.47. The van der Waals surface area contributed by atoms with E-state index >= 15 is 0 Å². The molecular formula is C40H42N2O6P2. The first kappa shape index (κ1) is 35.2. The average Bonchev–Trinajstić information content (AvgIpc) is 3.10. The molecule has 0 saturated carbocycles. The van der Waals surface area contributed by atoms with Gasteiger partial charge in [0.2, 0.25) is 0 Å². The van der Waals surface area contributed by atoms with E-state index in [0.29, 0.717) is 34.5 Å². The van der Waals surface area contributed by atoms with E-state index in [4.69, 9.17) is 27.6 Å². The highest BCUT2D eigenvalue weighted by molar-refractivity contribution is 7.27. The van der Waals surface area contributed by atoms with Crippen LogP contribution >= 0.6 is 18.1 Å². The lowest BCUT2D eigenvalue weighted by molar-refractivity contribution is 0.409. The summed E-state index contributed by atoms with van der Waals surface area (Å²) in [5.74, 6) is 4.11. The lowest BCUT2D eigenvalue weighted by Crippen LogP contribution is -2.15. The van der Waals surface area contributed by atoms with Crippen LogP contribution in [0.15, 0.2) is 97.3 Å². The molecule has 0 spiro atoms. The van der Waals surface area contributed by atoms with E-state index in [1.807, 2.05) is 84.9 Å². The van der Waals surface area contributed by atoms with Crippen molar-refractivity contribution in [3.63, 3.8) is 0 Å². The van der Waals surface area contributed by atoms with Gasteiger partial charge in [0.1, 0.15) is 34.5 Å². The molecule has 50 heavy (non-hydrogen) atoms. The van der Waals surface area contributed by atoms with E-state index < -0.39 is 0 Å². The van der Waals surface area contributed by atoms with Crippen LogP contribution in [0, 0.1) is 0 Å². The van der Waals surface area contributed by atoms with Crippen LogP contribution < -0.4 is 27.6 Å². The van der Waals surface area contributed by atoms with Gasteiger partial charge in [0.05, 0.1) is 25.3 Å². The van der Waals surface area contributed by atoms with Crippen molar-refractivity contribution in [3.8, 4) is 45.6 Å². The second kappa shape index (κ2) is 14.7. The van der Waals surface area contributed by atoms with Crippen LogP contribution in [0.2, 0.25) is 0 Å². The largest absolute Gasteiger partial charge is 0.497 e. The maximum absolute atomic E-state index is 6.64. The normalized spacial score (nSPS) is 12.2. The number of aromatic nitrogens is 2. The summed E-state index contributed by atoms with van der Waals surface area (Å²) in [6.07, 6.45) is 3.56. The highest BCUT2D eigenvalue weighted by atomic mass is 31.1. The van der Waals surface area contributed by atoms with Crippen molar-refractivity contribution in [2.45, 2.75) is 52.4 Å². The number of rotatable bonds is 11. The molecule has 6 rings (SSSR count). The Labute approximate surface area is 297 Å². The summed E-state index contributed by atoms with van der Waals surface area (Å²) in [6.45, 7) is 12.9. The summed E-state index contributed by atoms with van der Waals surface area (Å²) in [6, 6.07) is 27.5. The molecule has 0 aliphatic rings. The van der Waals surface area contributed by atoms with E-state index in [1.54, 1.807) is 26.6 Å². The SMILES string of the molecule is COc1cc(-c2cc(OC)cc(C(C)(C)C)c2OPOc2ccc3ncccc3c2)c(OPOc2ccc3ncccc3c2)c(C(C)(C)C)c1. The summed E-state index contributed by atoms with van der Waals surface area (Å²) in [5, 5.41) is 1.98. The van der Waals surface area contributed by atoms with E-state index in [1.165, 1.54) is 0 Å². The van der Waals surface area contributed by atoms with Crippen LogP contribution in [0.5, 0.6) is 34.5 Å². The Morgan fingerprint density at radius 3 is 1.28 bits per heavy atom. The van der Waals surface area contributed by atoms with Gasteiger partial charge in [-0.3, -0.25) is 9.97 Å². The zero-order valence-corrected chi connectivity index (χ0v) is 31.6. The predicted octanol–water partition coefficient (Wildman–Crippen LogP) is 11.0. The molecule has 0 amide bonds. The number of pyridine rings is 2. The van der Waals surface area contributed by atoms with Crippen LogP contribution in [-0.4, -0.2) is 24.2 Å². The van der Waals surface area contributed by atoms with Gasteiger partial charge in [-0.1, -0.05) is 53.7 Å². The first-order chi connectivity index (χ1) is 23.9. The average molecular weight is 709 g/mol. The van der Waals surface area contributed by atoms with Crippen LogP contribution in [0.3, 0.4) is 0 Å². The minimum absolute atomic E-state index is 0.305. The molecule has 8 nitrogen and oxygen atoms in total. The second-order valence-electron chi connectivity index (χ2n) is 13.9. The van der Waals surface area contributed by atoms with Crippen molar-refractivity contribution in [2.24, 2.45) is 0 Å². The Balaban J connectivity index is 1.42. The molecule has 0 radical (unpaired) electrons. The molecule has 2 unspecified atom stereocenters. The molecule has 0 bridgehead atoms. The van der Waals surface area contributed by atoms with Gasteiger partial charge < -0.3 is 27.6 Å². The molecule has 0 aliphatic carbocycles. The smallest absolute Gasteiger partial charge is 0.275 e. The third-order valence-electron chi connectivity index (χ3n) is 8.26. The molecule has 4 aromatic carbocycles. The fourth-order valence-electron chi connectivity index (χ4n) is 5.63. The minimum atomic E-state index is -0.334. The van der Waals surface area contributed by atoms with Crippen molar-refractivity contribution >= 4 is 39.9 Å². The number of benzene rings is 4. The minimum Gasteiger partial charge on any atom is -0.497 e. The number of hydrogen-bond acceptors (Lipinski definition) is 8. The van der Waals surface area contributed by atoms with Crippen molar-refractivity contribution in [3.05, 3.63) is 108 Å². The molecule has 0 aliphatic heterocycles. The highest BCUT2D eigenvalue weighted by Gasteiger charge is 2.30.